The van der Waals surface area contributed by atoms with Crippen LogP contribution in [0.15, 0.2) is 36.4 Å². The van der Waals surface area contributed by atoms with E-state index < -0.39 is 0 Å². The molecule has 0 unspecified atom stereocenters. The molecule has 2 aliphatic rings. The second-order valence-electron chi connectivity index (χ2n) is 8.76. The lowest BCUT2D eigenvalue weighted by molar-refractivity contribution is -0.108. The molecule has 4 rings (SSSR count). The predicted octanol–water partition coefficient (Wildman–Crippen LogP) is 4.26. The van der Waals surface area contributed by atoms with Crippen LogP contribution in [-0.4, -0.2) is 29.2 Å². The first-order chi connectivity index (χ1) is 12.8. The van der Waals surface area contributed by atoms with Gasteiger partial charge < -0.3 is 14.6 Å². The van der Waals surface area contributed by atoms with Gasteiger partial charge in [0.1, 0.15) is 0 Å². The van der Waals surface area contributed by atoms with Crippen molar-refractivity contribution in [3.8, 4) is 0 Å². The summed E-state index contributed by atoms with van der Waals surface area (Å²) in [6.07, 6.45) is 1.33. The van der Waals surface area contributed by atoms with Gasteiger partial charge in [0.25, 0.3) is 5.91 Å². The predicted molar refractivity (Wildman–Crippen MR) is 107 cm³/mol. The molecule has 1 aliphatic carbocycles. The molecule has 0 spiro atoms. The molecule has 1 N–H and O–H groups in total. The van der Waals surface area contributed by atoms with Crippen LogP contribution < -0.4 is 5.32 Å². The molecule has 2 heterocycles. The average molecular weight is 367 g/mol. The van der Waals surface area contributed by atoms with Crippen LogP contribution in [0.3, 0.4) is 0 Å². The Hall–Kier alpha value is -2.07. The quantitative estimate of drug-likeness (QED) is 0.879. The van der Waals surface area contributed by atoms with Gasteiger partial charge in [-0.15, -0.1) is 0 Å². The lowest BCUT2D eigenvalue weighted by Crippen LogP contribution is -2.66. The van der Waals surface area contributed by atoms with Crippen molar-refractivity contribution in [2.75, 3.05) is 6.61 Å². The smallest absolute Gasteiger partial charge is 0.253 e. The minimum atomic E-state index is -0.000325. The molecule has 4 nitrogen and oxygen atoms in total. The molecule has 0 bridgehead atoms. The second-order valence-corrected chi connectivity index (χ2v) is 8.76. The van der Waals surface area contributed by atoms with Crippen LogP contribution in [0.2, 0.25) is 0 Å². The van der Waals surface area contributed by atoms with E-state index in [1.165, 1.54) is 5.56 Å². The molecule has 0 radical (unpaired) electrons. The zero-order valence-electron chi connectivity index (χ0n) is 17.0. The summed E-state index contributed by atoms with van der Waals surface area (Å²) >= 11 is 0. The molecule has 144 valence electrons. The normalized spacial score (nSPS) is 26.9. The number of nitrogens with zero attached hydrogens (tertiary/aromatic N) is 1. The molecule has 1 amide bonds. The number of rotatable bonds is 4. The topological polar surface area (TPSA) is 43.3 Å². The minimum Gasteiger partial charge on any atom is -0.377 e. The zero-order chi connectivity index (χ0) is 19.3. The van der Waals surface area contributed by atoms with Gasteiger partial charge in [-0.25, -0.2) is 0 Å². The van der Waals surface area contributed by atoms with E-state index in [9.17, 15) is 4.79 Å². The third kappa shape index (κ3) is 2.82. The highest BCUT2D eigenvalue weighted by Gasteiger charge is 2.59. The van der Waals surface area contributed by atoms with Crippen molar-refractivity contribution in [1.29, 1.82) is 0 Å². The summed E-state index contributed by atoms with van der Waals surface area (Å²) in [4.78, 5) is 13.1. The SMILES string of the molecule is Cc1cc(C(=O)N[C@@H]2[C@@H]3CCO[C@@H]3C2(C)C)c(C)n1[C@H](C)c1ccccc1. The third-order valence-electron chi connectivity index (χ3n) is 6.79. The third-order valence-corrected chi connectivity index (χ3v) is 6.79. The van der Waals surface area contributed by atoms with Crippen LogP contribution in [0.1, 0.15) is 60.5 Å². The standard InChI is InChI=1S/C23H30N2O2/c1-14-13-19(16(3)25(14)15(2)17-9-7-6-8-10-17)22(26)24-20-18-11-12-27-21(18)23(20,4)5/h6-10,13,15,18,20-21H,11-12H2,1-5H3,(H,24,26)/t15-,18+,20-,21+/m1/s1. The summed E-state index contributed by atoms with van der Waals surface area (Å²) in [6, 6.07) is 12.8. The van der Waals surface area contributed by atoms with E-state index >= 15 is 0 Å². The maximum atomic E-state index is 13.1. The highest BCUT2D eigenvalue weighted by molar-refractivity contribution is 5.96. The fourth-order valence-electron chi connectivity index (χ4n) is 5.32. The molecule has 1 aromatic heterocycles. The number of aryl methyl sites for hydroxylation is 1. The first-order valence-electron chi connectivity index (χ1n) is 9.98. The van der Waals surface area contributed by atoms with Crippen LogP contribution >= 0.6 is 0 Å². The summed E-state index contributed by atoms with van der Waals surface area (Å²) in [5.41, 5.74) is 4.17. The molecule has 1 saturated heterocycles. The van der Waals surface area contributed by atoms with E-state index in [-0.39, 0.29) is 29.5 Å². The summed E-state index contributed by atoms with van der Waals surface area (Å²) in [5, 5.41) is 3.32. The lowest BCUT2D eigenvalue weighted by atomic mass is 9.57. The first kappa shape index (κ1) is 18.3. The monoisotopic (exact) mass is 366 g/mol. The van der Waals surface area contributed by atoms with Gasteiger partial charge in [-0.3, -0.25) is 4.79 Å². The van der Waals surface area contributed by atoms with E-state index in [0.29, 0.717) is 5.92 Å². The fraction of sp³-hybridized carbons (Fsp3) is 0.522. The largest absolute Gasteiger partial charge is 0.377 e. The summed E-state index contributed by atoms with van der Waals surface area (Å²) < 4.78 is 8.12. The van der Waals surface area contributed by atoms with Crippen molar-refractivity contribution in [2.45, 2.75) is 59.2 Å². The zero-order valence-corrected chi connectivity index (χ0v) is 17.0. The number of carbonyl (C=O) groups excluding carboxylic acids is 1. The molecule has 1 aliphatic heterocycles. The number of nitrogens with one attached hydrogen (secondary N) is 1. The lowest BCUT2D eigenvalue weighted by Gasteiger charge is -2.54. The van der Waals surface area contributed by atoms with Gasteiger partial charge in [-0.05, 0) is 38.8 Å². The van der Waals surface area contributed by atoms with Gasteiger partial charge in [-0.2, -0.15) is 0 Å². The van der Waals surface area contributed by atoms with Gasteiger partial charge in [-0.1, -0.05) is 44.2 Å². The Kier molecular flexibility index (Phi) is 4.42. The van der Waals surface area contributed by atoms with E-state index in [0.717, 1.165) is 30.0 Å². The number of carbonyl (C=O) groups is 1. The summed E-state index contributed by atoms with van der Waals surface area (Å²) in [7, 11) is 0. The van der Waals surface area contributed by atoms with Gasteiger partial charge >= 0.3 is 0 Å². The van der Waals surface area contributed by atoms with E-state index in [4.69, 9.17) is 4.74 Å². The Morgan fingerprint density at radius 1 is 1.26 bits per heavy atom. The minimum absolute atomic E-state index is 0.000325. The number of fused-ring (bicyclic) bond motifs is 1. The number of hydrogen-bond donors (Lipinski definition) is 1. The second kappa shape index (κ2) is 6.52. The Labute approximate surface area is 161 Å². The maximum absolute atomic E-state index is 13.1. The number of benzene rings is 1. The molecule has 1 saturated carbocycles. The van der Waals surface area contributed by atoms with Crippen molar-refractivity contribution in [2.24, 2.45) is 11.3 Å². The Balaban J connectivity index is 1.57. The number of ether oxygens (including phenoxy) is 1. The number of amides is 1. The van der Waals surface area contributed by atoms with Gasteiger partial charge in [0.15, 0.2) is 0 Å². The van der Waals surface area contributed by atoms with Gasteiger partial charge in [0.05, 0.1) is 17.7 Å². The number of hydrogen-bond acceptors (Lipinski definition) is 2. The van der Waals surface area contributed by atoms with Crippen LogP contribution in [0.5, 0.6) is 0 Å². The maximum Gasteiger partial charge on any atom is 0.253 e. The summed E-state index contributed by atoms with van der Waals surface area (Å²) in [6.45, 7) is 11.5. The Bertz CT molecular complexity index is 853. The van der Waals surface area contributed by atoms with Crippen molar-refractivity contribution in [1.82, 2.24) is 9.88 Å². The fourth-order valence-corrected chi connectivity index (χ4v) is 5.32. The van der Waals surface area contributed by atoms with Gasteiger partial charge in [0.2, 0.25) is 0 Å². The van der Waals surface area contributed by atoms with Crippen molar-refractivity contribution in [3.63, 3.8) is 0 Å². The van der Waals surface area contributed by atoms with Crippen molar-refractivity contribution < 1.29 is 9.53 Å². The van der Waals surface area contributed by atoms with E-state index in [1.807, 2.05) is 12.1 Å². The Morgan fingerprint density at radius 3 is 2.67 bits per heavy atom. The van der Waals surface area contributed by atoms with Crippen LogP contribution in [0.25, 0.3) is 0 Å². The molecular weight excluding hydrogens is 336 g/mol. The van der Waals surface area contributed by atoms with Crippen LogP contribution in [-0.2, 0) is 4.74 Å². The van der Waals surface area contributed by atoms with Crippen LogP contribution in [0, 0.1) is 25.2 Å². The highest BCUT2D eigenvalue weighted by atomic mass is 16.5. The highest BCUT2D eigenvalue weighted by Crippen LogP contribution is 2.52. The average Bonchev–Trinajstić information content (AvgIpc) is 3.23. The van der Waals surface area contributed by atoms with Crippen molar-refractivity contribution in [3.05, 3.63) is 58.9 Å². The van der Waals surface area contributed by atoms with E-state index in [2.05, 4.69) is 68.8 Å². The molecule has 2 aromatic rings. The first-order valence-corrected chi connectivity index (χ1v) is 9.98. The Morgan fingerprint density at radius 2 is 1.96 bits per heavy atom. The molecule has 4 atom stereocenters. The van der Waals surface area contributed by atoms with Crippen LogP contribution in [0.4, 0.5) is 0 Å². The molecule has 2 fully saturated rings. The number of aromatic nitrogens is 1. The molecule has 27 heavy (non-hydrogen) atoms. The molecule has 4 heteroatoms. The molecule has 1 aromatic carbocycles. The van der Waals surface area contributed by atoms with Gasteiger partial charge in [0, 0.05) is 35.4 Å². The summed E-state index contributed by atoms with van der Waals surface area (Å²) in [5.74, 6) is 0.494. The van der Waals surface area contributed by atoms with Crippen molar-refractivity contribution >= 4 is 5.91 Å². The van der Waals surface area contributed by atoms with E-state index in [1.54, 1.807) is 0 Å². The molecular formula is C23H30N2O2.